The zero-order valence-corrected chi connectivity index (χ0v) is 20.6. The average Bonchev–Trinajstić information content (AvgIpc) is 2.77. The number of thioether (sulfide) groups is 1. The van der Waals surface area contributed by atoms with Gasteiger partial charge in [0.15, 0.2) is 0 Å². The molecule has 0 aliphatic heterocycles. The minimum absolute atomic E-state index is 0.176. The predicted octanol–water partition coefficient (Wildman–Crippen LogP) is 5.70. The van der Waals surface area contributed by atoms with Crippen molar-refractivity contribution in [2.75, 3.05) is 35.7 Å². The van der Waals surface area contributed by atoms with Gasteiger partial charge in [-0.05, 0) is 104 Å². The first-order chi connectivity index (χ1) is 16.1. The number of aromatic nitrogens is 1. The second-order valence-corrected chi connectivity index (χ2v) is 11.6. The van der Waals surface area contributed by atoms with Gasteiger partial charge in [0, 0.05) is 31.4 Å². The van der Waals surface area contributed by atoms with Crippen LogP contribution in [-0.4, -0.2) is 36.0 Å². The van der Waals surface area contributed by atoms with E-state index in [1.54, 1.807) is 0 Å². The number of benzene rings is 1. The van der Waals surface area contributed by atoms with Gasteiger partial charge in [-0.15, -0.1) is 0 Å². The molecule has 33 heavy (non-hydrogen) atoms. The van der Waals surface area contributed by atoms with Gasteiger partial charge in [0.2, 0.25) is 5.91 Å². The SMILES string of the molecule is CSCC[CH]NCCNc1ccc2c(NC(=O)CC34CC5CC(CC(C5)C3)C4)cccc2n1. The molecule has 4 fully saturated rings. The van der Waals surface area contributed by atoms with Crippen LogP contribution in [0.1, 0.15) is 51.4 Å². The van der Waals surface area contributed by atoms with E-state index < -0.39 is 0 Å². The van der Waals surface area contributed by atoms with Crippen molar-refractivity contribution < 1.29 is 4.79 Å². The van der Waals surface area contributed by atoms with E-state index in [-0.39, 0.29) is 11.3 Å². The van der Waals surface area contributed by atoms with Gasteiger partial charge in [-0.3, -0.25) is 4.79 Å². The fourth-order valence-corrected chi connectivity index (χ4v) is 7.40. The molecule has 3 N–H and O–H groups in total. The number of pyridine rings is 1. The van der Waals surface area contributed by atoms with Crippen LogP contribution in [0.3, 0.4) is 0 Å². The number of fused-ring (bicyclic) bond motifs is 1. The maximum atomic E-state index is 13.1. The molecule has 0 saturated heterocycles. The van der Waals surface area contributed by atoms with Gasteiger partial charge < -0.3 is 16.0 Å². The van der Waals surface area contributed by atoms with Crippen LogP contribution in [0, 0.1) is 29.7 Å². The molecule has 177 valence electrons. The van der Waals surface area contributed by atoms with E-state index >= 15 is 0 Å². The Labute approximate surface area is 202 Å². The van der Waals surface area contributed by atoms with E-state index in [9.17, 15) is 4.79 Å². The lowest BCUT2D eigenvalue weighted by atomic mass is 9.49. The van der Waals surface area contributed by atoms with Gasteiger partial charge in [-0.25, -0.2) is 4.98 Å². The summed E-state index contributed by atoms with van der Waals surface area (Å²) in [7, 11) is 0. The van der Waals surface area contributed by atoms with Crippen LogP contribution in [0.2, 0.25) is 0 Å². The van der Waals surface area contributed by atoms with E-state index in [1.807, 2.05) is 36.0 Å². The normalized spacial score (nSPS) is 27.7. The Morgan fingerprint density at radius 3 is 2.58 bits per heavy atom. The number of anilines is 2. The Hall–Kier alpha value is -1.79. The van der Waals surface area contributed by atoms with Crippen molar-refractivity contribution in [3.8, 4) is 0 Å². The maximum absolute atomic E-state index is 13.1. The largest absolute Gasteiger partial charge is 0.369 e. The molecule has 4 aliphatic rings. The number of nitrogens with zero attached hydrogens (tertiary/aromatic N) is 1. The monoisotopic (exact) mass is 465 g/mol. The smallest absolute Gasteiger partial charge is 0.224 e. The summed E-state index contributed by atoms with van der Waals surface area (Å²) in [6.07, 6.45) is 11.9. The molecule has 0 atom stereocenters. The van der Waals surface area contributed by atoms with E-state index in [0.717, 1.165) is 65.4 Å². The average molecular weight is 466 g/mol. The number of amides is 1. The summed E-state index contributed by atoms with van der Waals surface area (Å²) in [4.78, 5) is 17.9. The van der Waals surface area contributed by atoms with Crippen molar-refractivity contribution in [1.29, 1.82) is 0 Å². The molecule has 1 heterocycles. The Morgan fingerprint density at radius 1 is 1.09 bits per heavy atom. The van der Waals surface area contributed by atoms with Crippen molar-refractivity contribution in [1.82, 2.24) is 10.3 Å². The first-order valence-electron chi connectivity index (χ1n) is 12.6. The topological polar surface area (TPSA) is 66.0 Å². The second-order valence-electron chi connectivity index (χ2n) is 10.6. The van der Waals surface area contributed by atoms with E-state index in [1.165, 1.54) is 38.5 Å². The van der Waals surface area contributed by atoms with Crippen molar-refractivity contribution in [3.63, 3.8) is 0 Å². The molecule has 4 bridgehead atoms. The lowest BCUT2D eigenvalue weighted by Gasteiger charge is -2.56. The third-order valence-electron chi connectivity index (χ3n) is 7.89. The molecule has 1 radical (unpaired) electrons. The summed E-state index contributed by atoms with van der Waals surface area (Å²) >= 11 is 1.86. The van der Waals surface area contributed by atoms with Gasteiger partial charge in [0.1, 0.15) is 5.82 Å². The summed E-state index contributed by atoms with van der Waals surface area (Å²) in [6.45, 7) is 3.81. The zero-order valence-electron chi connectivity index (χ0n) is 19.7. The number of carbonyl (C=O) groups excluding carboxylic acids is 1. The Kier molecular flexibility index (Phi) is 7.12. The Bertz CT molecular complexity index is 942. The van der Waals surface area contributed by atoms with Crippen LogP contribution in [0.4, 0.5) is 11.5 Å². The maximum Gasteiger partial charge on any atom is 0.224 e. The fraction of sp³-hybridized carbons (Fsp3) is 0.593. The number of nitrogens with one attached hydrogen (secondary N) is 3. The Balaban J connectivity index is 1.17. The molecule has 6 heteroatoms. The Morgan fingerprint density at radius 2 is 1.85 bits per heavy atom. The highest BCUT2D eigenvalue weighted by atomic mass is 32.2. The van der Waals surface area contributed by atoms with Gasteiger partial charge in [-0.1, -0.05) is 6.07 Å². The summed E-state index contributed by atoms with van der Waals surface area (Å²) in [5.41, 5.74) is 2.05. The molecular weight excluding hydrogens is 428 g/mol. The van der Waals surface area contributed by atoms with Crippen molar-refractivity contribution in [2.45, 2.75) is 51.4 Å². The molecule has 4 saturated carbocycles. The molecule has 0 unspecified atom stereocenters. The van der Waals surface area contributed by atoms with Gasteiger partial charge in [-0.2, -0.15) is 11.8 Å². The van der Waals surface area contributed by atoms with E-state index in [0.29, 0.717) is 6.42 Å². The number of carbonyl (C=O) groups is 1. The lowest BCUT2D eigenvalue weighted by Crippen LogP contribution is -2.47. The summed E-state index contributed by atoms with van der Waals surface area (Å²) < 4.78 is 0. The molecule has 1 aromatic carbocycles. The number of rotatable bonds is 11. The molecule has 2 aromatic rings. The third-order valence-corrected chi connectivity index (χ3v) is 8.54. The fourth-order valence-electron chi connectivity index (χ4n) is 7.05. The predicted molar refractivity (Wildman–Crippen MR) is 139 cm³/mol. The summed E-state index contributed by atoms with van der Waals surface area (Å²) in [5, 5.41) is 11.0. The molecular formula is C27H37N4OS. The van der Waals surface area contributed by atoms with Crippen LogP contribution >= 0.6 is 11.8 Å². The molecule has 0 spiro atoms. The van der Waals surface area contributed by atoms with Crippen molar-refractivity contribution in [3.05, 3.63) is 36.9 Å². The second kappa shape index (κ2) is 10.2. The quantitative estimate of drug-likeness (QED) is 0.372. The van der Waals surface area contributed by atoms with Crippen molar-refractivity contribution in [2.24, 2.45) is 23.2 Å². The first kappa shape index (κ1) is 23.0. The molecule has 5 nitrogen and oxygen atoms in total. The lowest BCUT2D eigenvalue weighted by molar-refractivity contribution is -0.124. The summed E-state index contributed by atoms with van der Waals surface area (Å²) in [6, 6.07) is 10.1. The minimum Gasteiger partial charge on any atom is -0.369 e. The minimum atomic E-state index is 0.176. The van der Waals surface area contributed by atoms with Crippen LogP contribution in [0.5, 0.6) is 0 Å². The van der Waals surface area contributed by atoms with E-state index in [4.69, 9.17) is 4.98 Å². The zero-order chi connectivity index (χ0) is 22.7. The highest BCUT2D eigenvalue weighted by molar-refractivity contribution is 7.98. The highest BCUT2D eigenvalue weighted by Crippen LogP contribution is 2.61. The highest BCUT2D eigenvalue weighted by Gasteiger charge is 2.51. The standard InChI is InChI=1S/C27H37N4OS/c1-33-11-3-8-28-9-10-29-25-7-6-22-23(30-25)4-2-5-24(22)31-26(32)18-27-15-19-12-20(16-27)14-21(13-19)17-27/h2,4-8,19-21,28H,3,9-18H2,1H3,(H,29,30)(H,31,32). The van der Waals surface area contributed by atoms with Gasteiger partial charge in [0.25, 0.3) is 0 Å². The van der Waals surface area contributed by atoms with E-state index in [2.05, 4.69) is 34.8 Å². The molecule has 6 rings (SSSR count). The van der Waals surface area contributed by atoms with Gasteiger partial charge >= 0.3 is 0 Å². The number of hydrogen-bond acceptors (Lipinski definition) is 5. The van der Waals surface area contributed by atoms with Crippen LogP contribution < -0.4 is 16.0 Å². The number of hydrogen-bond donors (Lipinski definition) is 3. The van der Waals surface area contributed by atoms with Gasteiger partial charge in [0.05, 0.1) is 11.2 Å². The van der Waals surface area contributed by atoms with Crippen molar-refractivity contribution >= 4 is 40.1 Å². The molecule has 1 amide bonds. The third kappa shape index (κ3) is 5.48. The van der Waals surface area contributed by atoms with Crippen LogP contribution in [0.15, 0.2) is 30.3 Å². The van der Waals surface area contributed by atoms with Crippen LogP contribution in [0.25, 0.3) is 10.9 Å². The molecule has 4 aliphatic carbocycles. The van der Waals surface area contributed by atoms with Crippen LogP contribution in [-0.2, 0) is 4.79 Å². The summed E-state index contributed by atoms with van der Waals surface area (Å²) in [5.74, 6) is 4.81. The molecule has 1 aromatic heterocycles. The first-order valence-corrected chi connectivity index (χ1v) is 14.0.